The maximum atomic E-state index is 12.1. The van der Waals surface area contributed by atoms with Gasteiger partial charge in [-0.25, -0.2) is 4.98 Å². The quantitative estimate of drug-likeness (QED) is 0.735. The number of amides is 1. The highest BCUT2D eigenvalue weighted by Gasteiger charge is 2.05. The first-order valence-electron chi connectivity index (χ1n) is 7.95. The maximum absolute atomic E-state index is 12.1. The molecule has 0 atom stereocenters. The van der Waals surface area contributed by atoms with E-state index >= 15 is 0 Å². The molecule has 0 unspecified atom stereocenters. The molecule has 0 aliphatic heterocycles. The molecule has 5 heteroatoms. The van der Waals surface area contributed by atoms with E-state index in [1.54, 1.807) is 23.5 Å². The molecular formula is C20H17N3OS. The smallest absolute Gasteiger partial charge is 0.224 e. The lowest BCUT2D eigenvalue weighted by Gasteiger charge is -2.06. The van der Waals surface area contributed by atoms with E-state index in [9.17, 15) is 4.79 Å². The van der Waals surface area contributed by atoms with Crippen molar-refractivity contribution in [1.82, 2.24) is 4.98 Å². The summed E-state index contributed by atoms with van der Waals surface area (Å²) in [5.74, 6) is -0.0263. The number of aryl methyl sites for hydroxylation is 2. The predicted octanol–water partition coefficient (Wildman–Crippen LogP) is 4.56. The molecule has 0 bridgehead atoms. The Balaban J connectivity index is 1.54. The summed E-state index contributed by atoms with van der Waals surface area (Å²) >= 11 is 1.62. The summed E-state index contributed by atoms with van der Waals surface area (Å²) in [4.78, 5) is 16.6. The summed E-state index contributed by atoms with van der Waals surface area (Å²) in [5.41, 5.74) is 4.45. The summed E-state index contributed by atoms with van der Waals surface area (Å²) in [6.45, 7) is 1.98. The highest BCUT2D eigenvalue weighted by atomic mass is 32.1. The van der Waals surface area contributed by atoms with Gasteiger partial charge in [0.25, 0.3) is 0 Å². The molecule has 0 aliphatic carbocycles. The number of thiazole rings is 1. The van der Waals surface area contributed by atoms with Gasteiger partial charge in [0.1, 0.15) is 0 Å². The van der Waals surface area contributed by atoms with E-state index in [2.05, 4.69) is 16.4 Å². The summed E-state index contributed by atoms with van der Waals surface area (Å²) < 4.78 is 0. The van der Waals surface area contributed by atoms with Crippen LogP contribution in [-0.2, 0) is 11.2 Å². The third-order valence-corrected chi connectivity index (χ3v) is 4.58. The Kier molecular flexibility index (Phi) is 5.22. The highest BCUT2D eigenvalue weighted by Crippen LogP contribution is 2.23. The Morgan fingerprint density at radius 2 is 1.88 bits per heavy atom. The lowest BCUT2D eigenvalue weighted by atomic mass is 10.1. The van der Waals surface area contributed by atoms with E-state index in [0.717, 1.165) is 27.5 Å². The summed E-state index contributed by atoms with van der Waals surface area (Å²) in [7, 11) is 0. The van der Waals surface area contributed by atoms with E-state index in [1.165, 1.54) is 0 Å². The van der Waals surface area contributed by atoms with Crippen LogP contribution in [0.15, 0.2) is 53.9 Å². The first kappa shape index (κ1) is 16.9. The first-order chi connectivity index (χ1) is 12.1. The number of rotatable bonds is 5. The molecule has 0 spiro atoms. The van der Waals surface area contributed by atoms with Gasteiger partial charge in [0.05, 0.1) is 22.3 Å². The van der Waals surface area contributed by atoms with Crippen molar-refractivity contribution >= 4 is 22.9 Å². The number of nitrogens with zero attached hydrogens (tertiary/aromatic N) is 2. The fourth-order valence-corrected chi connectivity index (χ4v) is 3.07. The molecule has 1 heterocycles. The van der Waals surface area contributed by atoms with Crippen molar-refractivity contribution in [2.75, 3.05) is 5.32 Å². The number of anilines is 1. The minimum atomic E-state index is -0.0263. The number of benzene rings is 2. The van der Waals surface area contributed by atoms with Gasteiger partial charge in [0.2, 0.25) is 5.91 Å². The predicted molar refractivity (Wildman–Crippen MR) is 100 cm³/mol. The Hall–Kier alpha value is -2.97. The number of aromatic nitrogens is 1. The van der Waals surface area contributed by atoms with Gasteiger partial charge in [-0.2, -0.15) is 5.26 Å². The van der Waals surface area contributed by atoms with Crippen molar-refractivity contribution in [2.24, 2.45) is 0 Å². The van der Waals surface area contributed by atoms with E-state index in [-0.39, 0.29) is 5.91 Å². The minimum Gasteiger partial charge on any atom is -0.326 e. The first-order valence-corrected chi connectivity index (χ1v) is 8.83. The largest absolute Gasteiger partial charge is 0.326 e. The zero-order valence-electron chi connectivity index (χ0n) is 13.8. The highest BCUT2D eigenvalue weighted by molar-refractivity contribution is 7.09. The van der Waals surface area contributed by atoms with E-state index < -0.39 is 0 Å². The normalized spacial score (nSPS) is 10.2. The SMILES string of the molecule is Cc1nc(-c2ccc(NC(=O)CCc3ccc(C#N)cc3)cc2)cs1. The molecule has 3 rings (SSSR count). The molecule has 1 aromatic heterocycles. The molecule has 2 aromatic carbocycles. The fraction of sp³-hybridized carbons (Fsp3) is 0.150. The average molecular weight is 347 g/mol. The second-order valence-electron chi connectivity index (χ2n) is 5.69. The van der Waals surface area contributed by atoms with Crippen LogP contribution in [0.1, 0.15) is 22.6 Å². The van der Waals surface area contributed by atoms with Gasteiger partial charge in [0, 0.05) is 23.1 Å². The van der Waals surface area contributed by atoms with Gasteiger partial charge in [-0.3, -0.25) is 4.79 Å². The number of hydrogen-bond acceptors (Lipinski definition) is 4. The van der Waals surface area contributed by atoms with Crippen LogP contribution in [0.25, 0.3) is 11.3 Å². The van der Waals surface area contributed by atoms with E-state index in [0.29, 0.717) is 18.4 Å². The molecule has 25 heavy (non-hydrogen) atoms. The summed E-state index contributed by atoms with van der Waals surface area (Å²) in [5, 5.41) is 14.8. The third-order valence-electron chi connectivity index (χ3n) is 3.81. The molecule has 0 aliphatic rings. The Bertz CT molecular complexity index is 905. The second-order valence-corrected chi connectivity index (χ2v) is 6.75. The Morgan fingerprint density at radius 1 is 1.16 bits per heavy atom. The molecule has 0 saturated heterocycles. The van der Waals surface area contributed by atoms with Gasteiger partial charge in [-0.1, -0.05) is 24.3 Å². The van der Waals surface area contributed by atoms with Gasteiger partial charge < -0.3 is 5.32 Å². The molecular weight excluding hydrogens is 330 g/mol. The fourth-order valence-electron chi connectivity index (χ4n) is 2.45. The van der Waals surface area contributed by atoms with Crippen molar-refractivity contribution in [1.29, 1.82) is 5.26 Å². The van der Waals surface area contributed by atoms with Gasteiger partial charge in [-0.05, 0) is 43.2 Å². The molecule has 4 nitrogen and oxygen atoms in total. The molecule has 3 aromatic rings. The van der Waals surface area contributed by atoms with Crippen LogP contribution in [0, 0.1) is 18.3 Å². The minimum absolute atomic E-state index is 0.0263. The van der Waals surface area contributed by atoms with E-state index in [1.807, 2.05) is 48.7 Å². The van der Waals surface area contributed by atoms with Crippen LogP contribution in [0.2, 0.25) is 0 Å². The van der Waals surface area contributed by atoms with Crippen LogP contribution >= 0.6 is 11.3 Å². The Morgan fingerprint density at radius 3 is 2.48 bits per heavy atom. The van der Waals surface area contributed by atoms with Crippen molar-refractivity contribution in [3.63, 3.8) is 0 Å². The zero-order valence-corrected chi connectivity index (χ0v) is 14.6. The summed E-state index contributed by atoms with van der Waals surface area (Å²) in [6, 6.07) is 17.1. The topological polar surface area (TPSA) is 65.8 Å². The van der Waals surface area contributed by atoms with Gasteiger partial charge in [-0.15, -0.1) is 11.3 Å². The molecule has 1 N–H and O–H groups in total. The molecule has 124 valence electrons. The van der Waals surface area contributed by atoms with Crippen molar-refractivity contribution in [3.05, 3.63) is 70.0 Å². The summed E-state index contributed by atoms with van der Waals surface area (Å²) in [6.07, 6.45) is 1.05. The van der Waals surface area contributed by atoms with Crippen molar-refractivity contribution in [3.8, 4) is 17.3 Å². The van der Waals surface area contributed by atoms with Gasteiger partial charge in [0.15, 0.2) is 0 Å². The second kappa shape index (κ2) is 7.73. The van der Waals surface area contributed by atoms with Crippen LogP contribution < -0.4 is 5.32 Å². The van der Waals surface area contributed by atoms with Crippen LogP contribution in [0.5, 0.6) is 0 Å². The third kappa shape index (κ3) is 4.52. The standard InChI is InChI=1S/C20H17N3OS/c1-14-22-19(13-25-14)17-7-9-18(10-8-17)23-20(24)11-6-15-2-4-16(12-21)5-3-15/h2-5,7-10,13H,6,11H2,1H3,(H,23,24). The number of carbonyl (C=O) groups excluding carboxylic acids is 1. The number of hydrogen-bond donors (Lipinski definition) is 1. The number of nitrogens with one attached hydrogen (secondary N) is 1. The maximum Gasteiger partial charge on any atom is 0.224 e. The Labute approximate surface area is 150 Å². The van der Waals surface area contributed by atoms with Crippen LogP contribution in [-0.4, -0.2) is 10.9 Å². The van der Waals surface area contributed by atoms with E-state index in [4.69, 9.17) is 5.26 Å². The molecule has 0 fully saturated rings. The average Bonchev–Trinajstić information content (AvgIpc) is 3.07. The molecule has 1 amide bonds. The molecule has 0 saturated carbocycles. The lowest BCUT2D eigenvalue weighted by molar-refractivity contribution is -0.116. The van der Waals surface area contributed by atoms with Crippen LogP contribution in [0.3, 0.4) is 0 Å². The van der Waals surface area contributed by atoms with Crippen molar-refractivity contribution < 1.29 is 4.79 Å². The monoisotopic (exact) mass is 347 g/mol. The molecule has 0 radical (unpaired) electrons. The van der Waals surface area contributed by atoms with Gasteiger partial charge >= 0.3 is 0 Å². The van der Waals surface area contributed by atoms with Crippen molar-refractivity contribution in [2.45, 2.75) is 19.8 Å². The number of carbonyl (C=O) groups is 1. The number of nitriles is 1. The lowest BCUT2D eigenvalue weighted by Crippen LogP contribution is -2.12. The van der Waals surface area contributed by atoms with Crippen LogP contribution in [0.4, 0.5) is 5.69 Å². The zero-order chi connectivity index (χ0) is 17.6.